The number of carbonyl (C=O) groups is 4. The molecule has 0 aliphatic heterocycles. The molecule has 624 valence electrons. The van der Waals surface area contributed by atoms with Crippen LogP contribution in [0.15, 0.2) is 0 Å². The number of unbranched alkanes of at least 4 members (excludes halogenated alkanes) is 51. The number of phosphoric ester groups is 2. The van der Waals surface area contributed by atoms with Gasteiger partial charge in [0.2, 0.25) is 0 Å². The van der Waals surface area contributed by atoms with Crippen LogP contribution in [0.25, 0.3) is 0 Å². The van der Waals surface area contributed by atoms with E-state index in [1.54, 1.807) is 0 Å². The van der Waals surface area contributed by atoms with Crippen molar-refractivity contribution in [3.05, 3.63) is 0 Å². The summed E-state index contributed by atoms with van der Waals surface area (Å²) in [4.78, 5) is 73.2. The van der Waals surface area contributed by atoms with Gasteiger partial charge in [-0.3, -0.25) is 37.3 Å². The highest BCUT2D eigenvalue weighted by Crippen LogP contribution is 2.45. The molecule has 0 spiro atoms. The lowest BCUT2D eigenvalue weighted by molar-refractivity contribution is -0.161. The van der Waals surface area contributed by atoms with Crippen molar-refractivity contribution in [2.24, 2.45) is 17.8 Å². The standard InChI is InChI=1S/C86H168O17P2/c1-8-10-11-12-13-14-15-16-17-18-19-20-21-22-23-31-36-41-46-55-62-69-85(90)102-81(73-96-83(88)67-60-53-45-40-35-30-26-24-28-33-38-43-50-57-64-77(3)4)75-100-104(92,93)98-71-80(87)72-99-105(94,95)101-76-82(74-97-84(89)68-61-54-49-48-52-59-66-79(7)9-2)103-86(91)70-63-56-47-42-37-32-27-25-29-34-39-44-51-58-65-78(5)6/h77-82,87H,8-76H2,1-7H3,(H,92,93)(H,94,95)/t79?,80-,81-,82-/m1/s1. The highest BCUT2D eigenvalue weighted by Gasteiger charge is 2.30. The second-order valence-electron chi connectivity index (χ2n) is 32.1. The zero-order valence-corrected chi connectivity index (χ0v) is 71.0. The largest absolute Gasteiger partial charge is 0.472 e. The molecule has 0 radical (unpaired) electrons. The number of esters is 4. The van der Waals surface area contributed by atoms with Crippen molar-refractivity contribution >= 4 is 39.5 Å². The summed E-state index contributed by atoms with van der Waals surface area (Å²) < 4.78 is 68.9. The maximum absolute atomic E-state index is 13.1. The molecule has 0 aromatic rings. The van der Waals surface area contributed by atoms with Crippen LogP contribution in [-0.4, -0.2) is 96.7 Å². The summed E-state index contributed by atoms with van der Waals surface area (Å²) in [5, 5.41) is 10.7. The Morgan fingerprint density at radius 1 is 0.276 bits per heavy atom. The predicted molar refractivity (Wildman–Crippen MR) is 432 cm³/mol. The fourth-order valence-corrected chi connectivity index (χ4v) is 14.9. The summed E-state index contributed by atoms with van der Waals surface area (Å²) in [5.41, 5.74) is 0. The van der Waals surface area contributed by atoms with Crippen molar-refractivity contribution in [2.45, 2.75) is 471 Å². The van der Waals surface area contributed by atoms with Crippen molar-refractivity contribution < 1.29 is 80.2 Å². The molecule has 3 unspecified atom stereocenters. The van der Waals surface area contributed by atoms with E-state index in [2.05, 4.69) is 48.5 Å². The average Bonchev–Trinajstić information content (AvgIpc) is 0.946. The minimum absolute atomic E-state index is 0.107. The van der Waals surface area contributed by atoms with Gasteiger partial charge < -0.3 is 33.8 Å². The Morgan fingerprint density at radius 2 is 0.486 bits per heavy atom. The molecule has 0 heterocycles. The zero-order valence-electron chi connectivity index (χ0n) is 69.2. The van der Waals surface area contributed by atoms with Gasteiger partial charge in [0.1, 0.15) is 19.3 Å². The fraction of sp³-hybridized carbons (Fsp3) is 0.953. The molecule has 0 saturated carbocycles. The van der Waals surface area contributed by atoms with Gasteiger partial charge in [-0.05, 0) is 43.4 Å². The van der Waals surface area contributed by atoms with E-state index < -0.39 is 97.5 Å². The molecule has 0 aromatic carbocycles. The summed E-state index contributed by atoms with van der Waals surface area (Å²) in [5.74, 6) is 0.219. The van der Waals surface area contributed by atoms with Gasteiger partial charge in [-0.1, -0.05) is 402 Å². The lowest BCUT2D eigenvalue weighted by atomic mass is 10.00. The Hall–Kier alpha value is -1.94. The Labute approximate surface area is 645 Å². The number of carbonyl (C=O) groups excluding carboxylic acids is 4. The maximum Gasteiger partial charge on any atom is 0.472 e. The van der Waals surface area contributed by atoms with Gasteiger partial charge in [-0.2, -0.15) is 0 Å². The van der Waals surface area contributed by atoms with Gasteiger partial charge in [-0.15, -0.1) is 0 Å². The van der Waals surface area contributed by atoms with Crippen LogP contribution in [0.3, 0.4) is 0 Å². The van der Waals surface area contributed by atoms with E-state index in [1.165, 1.54) is 257 Å². The van der Waals surface area contributed by atoms with Crippen LogP contribution in [0.1, 0.15) is 453 Å². The molecule has 0 aromatic heterocycles. The molecule has 0 saturated heterocycles. The Kier molecular flexibility index (Phi) is 74.7. The first-order chi connectivity index (χ1) is 50.8. The minimum atomic E-state index is -4.97. The van der Waals surface area contributed by atoms with Crippen molar-refractivity contribution in [1.29, 1.82) is 0 Å². The second kappa shape index (κ2) is 76.1. The maximum atomic E-state index is 13.1. The van der Waals surface area contributed by atoms with Crippen LogP contribution in [0.2, 0.25) is 0 Å². The molecule has 3 N–H and O–H groups in total. The van der Waals surface area contributed by atoms with Crippen LogP contribution >= 0.6 is 15.6 Å². The Bertz CT molecular complexity index is 2030. The average molecular weight is 1540 g/mol. The van der Waals surface area contributed by atoms with Crippen LogP contribution in [0.5, 0.6) is 0 Å². The van der Waals surface area contributed by atoms with E-state index in [4.69, 9.17) is 37.0 Å². The van der Waals surface area contributed by atoms with Crippen LogP contribution in [0.4, 0.5) is 0 Å². The lowest BCUT2D eigenvalue weighted by Gasteiger charge is -2.21. The molecule has 0 aliphatic carbocycles. The van der Waals surface area contributed by atoms with Crippen molar-refractivity contribution in [1.82, 2.24) is 0 Å². The summed E-state index contributed by atoms with van der Waals surface area (Å²) in [6.07, 6.45) is 66.7. The SMILES string of the molecule is CCCCCCCCCCCCCCCCCCCCCCCC(=O)O[C@H](COC(=O)CCCCCCCCCCCCCCCCC(C)C)COP(=O)(O)OC[C@@H](O)COP(=O)(O)OC[C@@H](COC(=O)CCCCCCCCC(C)CC)OC(=O)CCCCCCCCCCCCCCCCC(C)C. The molecule has 17 nitrogen and oxygen atoms in total. The first-order valence-corrected chi connectivity index (χ1v) is 47.4. The van der Waals surface area contributed by atoms with E-state index in [1.807, 2.05) is 0 Å². The third-order valence-corrected chi connectivity index (χ3v) is 22.4. The smallest absolute Gasteiger partial charge is 0.462 e. The normalized spacial score (nSPS) is 14.1. The number of aliphatic hydroxyl groups excluding tert-OH is 1. The monoisotopic (exact) mass is 1540 g/mol. The number of phosphoric acid groups is 2. The number of aliphatic hydroxyl groups is 1. The molecule has 0 fully saturated rings. The van der Waals surface area contributed by atoms with Gasteiger partial charge in [0.05, 0.1) is 26.4 Å². The first kappa shape index (κ1) is 103. The van der Waals surface area contributed by atoms with Crippen LogP contribution < -0.4 is 0 Å². The number of hydrogen-bond acceptors (Lipinski definition) is 15. The van der Waals surface area contributed by atoms with Gasteiger partial charge in [-0.25, -0.2) is 9.13 Å². The highest BCUT2D eigenvalue weighted by atomic mass is 31.2. The molecule has 6 atom stereocenters. The fourth-order valence-electron chi connectivity index (χ4n) is 13.3. The lowest BCUT2D eigenvalue weighted by Crippen LogP contribution is -2.30. The minimum Gasteiger partial charge on any atom is -0.462 e. The highest BCUT2D eigenvalue weighted by molar-refractivity contribution is 7.47. The summed E-state index contributed by atoms with van der Waals surface area (Å²) in [6, 6.07) is 0. The molecule has 0 rings (SSSR count). The third-order valence-electron chi connectivity index (χ3n) is 20.5. The van der Waals surface area contributed by atoms with Gasteiger partial charge in [0, 0.05) is 25.7 Å². The van der Waals surface area contributed by atoms with E-state index in [0.29, 0.717) is 25.7 Å². The van der Waals surface area contributed by atoms with Gasteiger partial charge in [0.15, 0.2) is 12.2 Å². The van der Waals surface area contributed by atoms with Gasteiger partial charge in [0.25, 0.3) is 0 Å². The molecule has 0 aliphatic rings. The third kappa shape index (κ3) is 78.5. The summed E-state index contributed by atoms with van der Waals surface area (Å²) >= 11 is 0. The quantitative estimate of drug-likeness (QED) is 0.0222. The van der Waals surface area contributed by atoms with E-state index >= 15 is 0 Å². The molecule has 105 heavy (non-hydrogen) atoms. The molecule has 0 amide bonds. The summed E-state index contributed by atoms with van der Waals surface area (Å²) in [7, 11) is -9.93. The molecular formula is C86H168O17P2. The van der Waals surface area contributed by atoms with Gasteiger partial charge >= 0.3 is 39.5 Å². The molecule has 19 heteroatoms. The van der Waals surface area contributed by atoms with Crippen molar-refractivity contribution in [2.75, 3.05) is 39.6 Å². The van der Waals surface area contributed by atoms with Crippen molar-refractivity contribution in [3.8, 4) is 0 Å². The second-order valence-corrected chi connectivity index (χ2v) is 35.0. The number of ether oxygens (including phenoxy) is 4. The number of hydrogen-bond donors (Lipinski definition) is 3. The van der Waals surface area contributed by atoms with Crippen LogP contribution in [-0.2, 0) is 65.4 Å². The van der Waals surface area contributed by atoms with E-state index in [-0.39, 0.29) is 25.7 Å². The molecular weight excluding hydrogens is 1370 g/mol. The topological polar surface area (TPSA) is 237 Å². The van der Waals surface area contributed by atoms with Crippen LogP contribution in [0, 0.1) is 17.8 Å². The van der Waals surface area contributed by atoms with E-state index in [9.17, 15) is 43.2 Å². The van der Waals surface area contributed by atoms with Crippen molar-refractivity contribution in [3.63, 3.8) is 0 Å². The van der Waals surface area contributed by atoms with E-state index in [0.717, 1.165) is 114 Å². The first-order valence-electron chi connectivity index (χ1n) is 44.4. The number of rotatable bonds is 84. The Morgan fingerprint density at radius 3 is 0.724 bits per heavy atom. The molecule has 0 bridgehead atoms. The Balaban J connectivity index is 5.23. The zero-order chi connectivity index (χ0) is 77.2. The predicted octanol–water partition coefficient (Wildman–Crippen LogP) is 26.1. The summed E-state index contributed by atoms with van der Waals surface area (Å²) in [6.45, 7) is 12.0.